The highest BCUT2D eigenvalue weighted by atomic mass is 32.2. The second-order valence-electron chi connectivity index (χ2n) is 7.35. The maximum absolute atomic E-state index is 12.9. The Morgan fingerprint density at radius 2 is 1.86 bits per heavy atom. The summed E-state index contributed by atoms with van der Waals surface area (Å²) in [5.74, 6) is 1.14. The first-order valence-corrected chi connectivity index (χ1v) is 11.0. The number of ether oxygens (including phenoxy) is 1. The summed E-state index contributed by atoms with van der Waals surface area (Å²) in [6.07, 6.45) is 1.00. The molecule has 158 valence electrons. The van der Waals surface area contributed by atoms with E-state index >= 15 is 0 Å². The van der Waals surface area contributed by atoms with Gasteiger partial charge >= 0.3 is 0 Å². The number of carbonyl (C=O) groups excluding carboxylic acids is 1. The van der Waals surface area contributed by atoms with Gasteiger partial charge in [0.15, 0.2) is 0 Å². The molecule has 0 N–H and O–H groups in total. The molecule has 1 amide bonds. The molecular formula is C20H27N3O5S. The minimum atomic E-state index is -3.58. The number of rotatable bonds is 6. The Hall–Kier alpha value is -2.39. The molecule has 3 rings (SSSR count). The third kappa shape index (κ3) is 4.45. The van der Waals surface area contributed by atoms with E-state index in [0.717, 1.165) is 11.3 Å². The first-order chi connectivity index (χ1) is 13.7. The van der Waals surface area contributed by atoms with Crippen LogP contribution in [0.4, 0.5) is 0 Å². The number of amides is 1. The molecule has 0 radical (unpaired) electrons. The summed E-state index contributed by atoms with van der Waals surface area (Å²) in [6.45, 7) is 4.76. The van der Waals surface area contributed by atoms with E-state index in [-0.39, 0.29) is 16.7 Å². The molecule has 0 aliphatic carbocycles. The Bertz CT molecular complexity index is 941. The smallest absolute Gasteiger partial charge is 0.243 e. The van der Waals surface area contributed by atoms with Crippen LogP contribution in [0.15, 0.2) is 33.7 Å². The van der Waals surface area contributed by atoms with Gasteiger partial charge in [-0.15, -0.1) is 0 Å². The van der Waals surface area contributed by atoms with Crippen LogP contribution in [0, 0.1) is 19.8 Å². The lowest BCUT2D eigenvalue weighted by Crippen LogP contribution is -2.43. The van der Waals surface area contributed by atoms with E-state index in [1.54, 1.807) is 36.2 Å². The molecule has 2 heterocycles. The molecule has 0 bridgehead atoms. The maximum atomic E-state index is 12.9. The molecule has 1 aliphatic rings. The number of methoxy groups -OCH3 is 1. The largest absolute Gasteiger partial charge is 0.497 e. The van der Waals surface area contributed by atoms with Crippen molar-refractivity contribution in [1.82, 2.24) is 14.4 Å². The van der Waals surface area contributed by atoms with Crippen molar-refractivity contribution in [3.8, 4) is 5.75 Å². The van der Waals surface area contributed by atoms with Gasteiger partial charge in [-0.1, -0.05) is 5.16 Å². The van der Waals surface area contributed by atoms with Gasteiger partial charge in [0, 0.05) is 31.6 Å². The Labute approximate surface area is 171 Å². The molecule has 1 aliphatic heterocycles. The number of hydrogen-bond donors (Lipinski definition) is 0. The average molecular weight is 422 g/mol. The number of carbonyl (C=O) groups is 1. The van der Waals surface area contributed by atoms with Gasteiger partial charge in [0.05, 0.1) is 24.2 Å². The van der Waals surface area contributed by atoms with Crippen LogP contribution in [0.1, 0.15) is 29.9 Å². The summed E-state index contributed by atoms with van der Waals surface area (Å²) >= 11 is 0. The quantitative estimate of drug-likeness (QED) is 0.711. The van der Waals surface area contributed by atoms with E-state index < -0.39 is 10.0 Å². The topological polar surface area (TPSA) is 93.0 Å². The van der Waals surface area contributed by atoms with Crippen molar-refractivity contribution in [2.45, 2.75) is 38.1 Å². The van der Waals surface area contributed by atoms with E-state index in [0.29, 0.717) is 44.0 Å². The van der Waals surface area contributed by atoms with Crippen LogP contribution in [0.25, 0.3) is 0 Å². The second kappa shape index (κ2) is 8.54. The molecule has 0 unspecified atom stereocenters. The van der Waals surface area contributed by atoms with Gasteiger partial charge in [-0.25, -0.2) is 8.42 Å². The standard InChI is InChI=1S/C20H27N3O5S/c1-14-19(15(2)28-21-14)13-22(3)20(24)16-9-11-23(12-10-16)29(25,26)18-7-5-17(27-4)6-8-18/h5-8,16H,9-13H2,1-4H3. The van der Waals surface area contributed by atoms with Crippen LogP contribution in [0.2, 0.25) is 0 Å². The fourth-order valence-electron chi connectivity index (χ4n) is 3.59. The number of sulfonamides is 1. The lowest BCUT2D eigenvalue weighted by Gasteiger charge is -2.32. The predicted molar refractivity (Wildman–Crippen MR) is 107 cm³/mol. The predicted octanol–water partition coefficient (Wildman–Crippen LogP) is 2.36. The molecular weight excluding hydrogens is 394 g/mol. The molecule has 8 nitrogen and oxygen atoms in total. The van der Waals surface area contributed by atoms with Crippen LogP contribution in [-0.2, 0) is 21.4 Å². The molecule has 1 aromatic carbocycles. The minimum absolute atomic E-state index is 0.0199. The highest BCUT2D eigenvalue weighted by Gasteiger charge is 2.33. The number of hydrogen-bond acceptors (Lipinski definition) is 6. The summed E-state index contributed by atoms with van der Waals surface area (Å²) in [6, 6.07) is 6.35. The van der Waals surface area contributed by atoms with Crippen LogP contribution in [0.5, 0.6) is 5.75 Å². The van der Waals surface area contributed by atoms with E-state index in [1.165, 1.54) is 11.4 Å². The molecule has 2 aromatic rings. The van der Waals surface area contributed by atoms with Gasteiger partial charge in [0.1, 0.15) is 11.5 Å². The van der Waals surface area contributed by atoms with Gasteiger partial charge in [-0.05, 0) is 51.0 Å². The number of aryl methyl sites for hydroxylation is 2. The van der Waals surface area contributed by atoms with E-state index in [2.05, 4.69) is 5.16 Å². The van der Waals surface area contributed by atoms with Crippen LogP contribution in [0.3, 0.4) is 0 Å². The van der Waals surface area contributed by atoms with Gasteiger partial charge in [-0.2, -0.15) is 4.31 Å². The van der Waals surface area contributed by atoms with Crippen molar-refractivity contribution in [3.63, 3.8) is 0 Å². The van der Waals surface area contributed by atoms with Crippen molar-refractivity contribution in [1.29, 1.82) is 0 Å². The highest BCUT2D eigenvalue weighted by molar-refractivity contribution is 7.89. The van der Waals surface area contributed by atoms with Gasteiger partial charge in [0.25, 0.3) is 0 Å². The average Bonchev–Trinajstić information content (AvgIpc) is 3.05. The third-order valence-electron chi connectivity index (χ3n) is 5.45. The molecule has 0 saturated carbocycles. The fraction of sp³-hybridized carbons (Fsp3) is 0.500. The van der Waals surface area contributed by atoms with Gasteiger partial charge in [0.2, 0.25) is 15.9 Å². The van der Waals surface area contributed by atoms with Gasteiger partial charge in [-0.3, -0.25) is 4.79 Å². The Kier molecular flexibility index (Phi) is 6.28. The van der Waals surface area contributed by atoms with Crippen molar-refractivity contribution < 1.29 is 22.5 Å². The normalized spacial score (nSPS) is 16.0. The van der Waals surface area contributed by atoms with Crippen molar-refractivity contribution in [3.05, 3.63) is 41.3 Å². The number of benzene rings is 1. The van der Waals surface area contributed by atoms with E-state index in [4.69, 9.17) is 9.26 Å². The zero-order valence-corrected chi connectivity index (χ0v) is 18.0. The van der Waals surface area contributed by atoms with Crippen LogP contribution in [-0.4, -0.2) is 55.9 Å². The minimum Gasteiger partial charge on any atom is -0.497 e. The van der Waals surface area contributed by atoms with Crippen LogP contribution < -0.4 is 4.74 Å². The highest BCUT2D eigenvalue weighted by Crippen LogP contribution is 2.26. The lowest BCUT2D eigenvalue weighted by atomic mass is 9.96. The monoisotopic (exact) mass is 421 g/mol. The number of nitrogens with zero attached hydrogens (tertiary/aromatic N) is 3. The molecule has 29 heavy (non-hydrogen) atoms. The van der Waals surface area contributed by atoms with Crippen molar-refractivity contribution >= 4 is 15.9 Å². The lowest BCUT2D eigenvalue weighted by molar-refractivity contribution is -0.135. The molecule has 0 atom stereocenters. The van der Waals surface area contributed by atoms with E-state index in [1.807, 2.05) is 13.8 Å². The number of piperidine rings is 1. The first-order valence-electron chi connectivity index (χ1n) is 9.55. The number of aromatic nitrogens is 1. The molecule has 1 fully saturated rings. The van der Waals surface area contributed by atoms with Crippen LogP contribution >= 0.6 is 0 Å². The molecule has 9 heteroatoms. The second-order valence-corrected chi connectivity index (χ2v) is 9.29. The third-order valence-corrected chi connectivity index (χ3v) is 7.37. The SMILES string of the molecule is COc1ccc(S(=O)(=O)N2CCC(C(=O)N(C)Cc3c(C)noc3C)CC2)cc1. The summed E-state index contributed by atoms with van der Waals surface area (Å²) in [5, 5.41) is 3.92. The summed E-state index contributed by atoms with van der Waals surface area (Å²) < 4.78 is 37.4. The zero-order valence-electron chi connectivity index (χ0n) is 17.2. The molecule has 1 saturated heterocycles. The Balaban J connectivity index is 1.61. The first kappa shape index (κ1) is 21.3. The Morgan fingerprint density at radius 3 is 2.38 bits per heavy atom. The summed E-state index contributed by atoms with van der Waals surface area (Å²) in [4.78, 5) is 14.7. The zero-order chi connectivity index (χ0) is 21.2. The Morgan fingerprint density at radius 1 is 1.24 bits per heavy atom. The summed E-state index contributed by atoms with van der Waals surface area (Å²) in [7, 11) is -0.282. The summed E-state index contributed by atoms with van der Waals surface area (Å²) in [5.41, 5.74) is 1.70. The fourth-order valence-corrected chi connectivity index (χ4v) is 5.06. The van der Waals surface area contributed by atoms with E-state index in [9.17, 15) is 13.2 Å². The molecule has 0 spiro atoms. The van der Waals surface area contributed by atoms with Gasteiger partial charge < -0.3 is 14.2 Å². The van der Waals surface area contributed by atoms with Crippen molar-refractivity contribution in [2.24, 2.45) is 5.92 Å². The molecule has 1 aromatic heterocycles. The van der Waals surface area contributed by atoms with Crippen molar-refractivity contribution in [2.75, 3.05) is 27.2 Å². The maximum Gasteiger partial charge on any atom is 0.243 e.